The van der Waals surface area contributed by atoms with E-state index in [1.54, 1.807) is 0 Å². The van der Waals surface area contributed by atoms with Gasteiger partial charge in [-0.1, -0.05) is 0 Å². The first-order valence-corrected chi connectivity index (χ1v) is 5.55. The van der Waals surface area contributed by atoms with Crippen molar-refractivity contribution < 1.29 is 17.5 Å². The molecular formula is C6H22N4O4S. The van der Waals surface area contributed by atoms with Crippen molar-refractivity contribution in [1.82, 2.24) is 0 Å². The zero-order valence-corrected chi connectivity index (χ0v) is 9.81. The summed E-state index contributed by atoms with van der Waals surface area (Å²) < 4.78 is 31.6. The van der Waals surface area contributed by atoms with Gasteiger partial charge in [0.25, 0.3) is 0 Å². The van der Waals surface area contributed by atoms with Gasteiger partial charge in [-0.05, 0) is 13.8 Å². The van der Waals surface area contributed by atoms with Gasteiger partial charge in [-0.2, -0.15) is 8.42 Å². The van der Waals surface area contributed by atoms with Crippen LogP contribution in [0.1, 0.15) is 13.8 Å². The van der Waals surface area contributed by atoms with E-state index in [0.717, 1.165) is 0 Å². The molecule has 0 amide bonds. The molecule has 0 heterocycles. The summed E-state index contributed by atoms with van der Waals surface area (Å²) in [4.78, 5) is 0. The SMILES string of the molecule is CC(N)CN.CC(N)CN.O=S(=O)(O)O. The van der Waals surface area contributed by atoms with Gasteiger partial charge < -0.3 is 22.9 Å². The molecule has 2 atom stereocenters. The molecule has 8 nitrogen and oxygen atoms in total. The second-order valence-electron chi connectivity index (χ2n) is 2.87. The van der Waals surface area contributed by atoms with Crippen molar-refractivity contribution in [2.75, 3.05) is 13.1 Å². The van der Waals surface area contributed by atoms with Crippen LogP contribution in [0.3, 0.4) is 0 Å². The van der Waals surface area contributed by atoms with Crippen LogP contribution in [0.4, 0.5) is 0 Å². The molecule has 10 N–H and O–H groups in total. The molecule has 0 aromatic rings. The highest BCUT2D eigenvalue weighted by Gasteiger charge is 1.84. The fourth-order valence-corrected chi connectivity index (χ4v) is 0. The van der Waals surface area contributed by atoms with Crippen molar-refractivity contribution in [3.8, 4) is 0 Å². The van der Waals surface area contributed by atoms with Crippen LogP contribution in [0, 0.1) is 0 Å². The first kappa shape index (κ1) is 20.2. The number of hydrogen-bond acceptors (Lipinski definition) is 6. The highest BCUT2D eigenvalue weighted by molar-refractivity contribution is 7.79. The molecule has 0 spiro atoms. The fraction of sp³-hybridized carbons (Fsp3) is 1.00. The third-order valence-corrected chi connectivity index (χ3v) is 0.744. The highest BCUT2D eigenvalue weighted by atomic mass is 32.3. The van der Waals surface area contributed by atoms with Crippen LogP contribution in [0.5, 0.6) is 0 Å². The lowest BCUT2D eigenvalue weighted by Crippen LogP contribution is -2.25. The quantitative estimate of drug-likeness (QED) is 0.301. The van der Waals surface area contributed by atoms with Gasteiger partial charge in [-0.25, -0.2) is 0 Å². The number of nitrogens with two attached hydrogens (primary N) is 4. The minimum atomic E-state index is -4.67. The molecule has 0 aliphatic carbocycles. The van der Waals surface area contributed by atoms with E-state index in [1.165, 1.54) is 0 Å². The standard InChI is InChI=1S/2C3H10N2.H2O4S/c2*1-3(5)2-4;1-5(2,3)4/h2*3H,2,4-5H2,1H3;(H2,1,2,3,4). The van der Waals surface area contributed by atoms with Crippen molar-refractivity contribution >= 4 is 10.4 Å². The van der Waals surface area contributed by atoms with E-state index >= 15 is 0 Å². The molecule has 2 unspecified atom stereocenters. The van der Waals surface area contributed by atoms with Gasteiger partial charge in [-0.15, -0.1) is 0 Å². The van der Waals surface area contributed by atoms with E-state index in [1.807, 2.05) is 13.8 Å². The van der Waals surface area contributed by atoms with Crippen LogP contribution in [-0.2, 0) is 10.4 Å². The molecule has 15 heavy (non-hydrogen) atoms. The van der Waals surface area contributed by atoms with E-state index in [-0.39, 0.29) is 12.1 Å². The summed E-state index contributed by atoms with van der Waals surface area (Å²) in [6.45, 7) is 4.92. The topological polar surface area (TPSA) is 179 Å². The molecule has 0 saturated heterocycles. The minimum Gasteiger partial charge on any atom is -0.329 e. The van der Waals surface area contributed by atoms with Crippen molar-refractivity contribution in [1.29, 1.82) is 0 Å². The van der Waals surface area contributed by atoms with E-state index in [4.69, 9.17) is 40.5 Å². The number of rotatable bonds is 2. The zero-order valence-electron chi connectivity index (χ0n) is 9.00. The molecule has 0 aliphatic rings. The van der Waals surface area contributed by atoms with Gasteiger partial charge in [-0.3, -0.25) is 9.11 Å². The lowest BCUT2D eigenvalue weighted by atomic mass is 10.4. The minimum absolute atomic E-state index is 0.162. The second-order valence-corrected chi connectivity index (χ2v) is 3.77. The maximum absolute atomic E-state index is 8.74. The Kier molecular flexibility index (Phi) is 15.8. The Morgan fingerprint density at radius 3 is 1.07 bits per heavy atom. The molecule has 0 rings (SSSR count). The fourth-order valence-electron chi connectivity index (χ4n) is 0. The van der Waals surface area contributed by atoms with E-state index in [9.17, 15) is 0 Å². The zero-order chi connectivity index (χ0) is 13.1. The average Bonchev–Trinajstić information content (AvgIpc) is 2.02. The summed E-state index contributed by atoms with van der Waals surface area (Å²) in [5.41, 5.74) is 20.4. The van der Waals surface area contributed by atoms with Crippen LogP contribution in [0.2, 0.25) is 0 Å². The van der Waals surface area contributed by atoms with Gasteiger partial charge in [0, 0.05) is 25.2 Å². The molecule has 0 aromatic carbocycles. The average molecular weight is 246 g/mol. The van der Waals surface area contributed by atoms with Gasteiger partial charge >= 0.3 is 10.4 Å². The molecule has 9 heteroatoms. The van der Waals surface area contributed by atoms with E-state index in [2.05, 4.69) is 0 Å². The molecular weight excluding hydrogens is 224 g/mol. The predicted octanol–water partition coefficient (Wildman–Crippen LogP) is -2.07. The molecule has 0 aromatic heterocycles. The van der Waals surface area contributed by atoms with Gasteiger partial charge in [0.1, 0.15) is 0 Å². The Morgan fingerprint density at radius 2 is 1.07 bits per heavy atom. The Bertz CT molecular complexity index is 189. The van der Waals surface area contributed by atoms with E-state index in [0.29, 0.717) is 13.1 Å². The maximum Gasteiger partial charge on any atom is 0.394 e. The van der Waals surface area contributed by atoms with Gasteiger partial charge in [0.15, 0.2) is 0 Å². The lowest BCUT2D eigenvalue weighted by molar-refractivity contribution is 0.381. The molecule has 0 bridgehead atoms. The third-order valence-electron chi connectivity index (χ3n) is 0.744. The van der Waals surface area contributed by atoms with Crippen molar-refractivity contribution in [2.24, 2.45) is 22.9 Å². The monoisotopic (exact) mass is 246 g/mol. The number of hydrogen-bond donors (Lipinski definition) is 6. The van der Waals surface area contributed by atoms with Crippen molar-refractivity contribution in [3.63, 3.8) is 0 Å². The van der Waals surface area contributed by atoms with E-state index < -0.39 is 10.4 Å². The largest absolute Gasteiger partial charge is 0.394 e. The summed E-state index contributed by atoms with van der Waals surface area (Å²) in [7, 11) is -4.67. The summed E-state index contributed by atoms with van der Waals surface area (Å²) >= 11 is 0. The summed E-state index contributed by atoms with van der Waals surface area (Å²) in [5, 5.41) is 0. The summed E-state index contributed by atoms with van der Waals surface area (Å²) in [5.74, 6) is 0. The third kappa shape index (κ3) is 137. The van der Waals surface area contributed by atoms with Gasteiger partial charge in [0.05, 0.1) is 0 Å². The Morgan fingerprint density at radius 1 is 1.00 bits per heavy atom. The molecule has 96 valence electrons. The summed E-state index contributed by atoms with van der Waals surface area (Å²) in [6, 6.07) is 0.324. The molecule has 0 radical (unpaired) electrons. The molecule has 0 aliphatic heterocycles. The van der Waals surface area contributed by atoms with Gasteiger partial charge in [0.2, 0.25) is 0 Å². The lowest BCUT2D eigenvalue weighted by Gasteiger charge is -1.92. The van der Waals surface area contributed by atoms with Crippen LogP contribution >= 0.6 is 0 Å². The molecule has 0 fully saturated rings. The second kappa shape index (κ2) is 11.8. The smallest absolute Gasteiger partial charge is 0.329 e. The Balaban J connectivity index is -0.000000144. The normalized spacial score (nSPS) is 13.9. The molecule has 0 saturated carbocycles. The highest BCUT2D eigenvalue weighted by Crippen LogP contribution is 1.60. The predicted molar refractivity (Wildman–Crippen MR) is 59.6 cm³/mol. The van der Waals surface area contributed by atoms with Crippen molar-refractivity contribution in [3.05, 3.63) is 0 Å². The Hall–Kier alpha value is -0.290. The van der Waals surface area contributed by atoms with Crippen LogP contribution in [0.15, 0.2) is 0 Å². The first-order valence-electron chi connectivity index (χ1n) is 4.15. The van der Waals surface area contributed by atoms with Crippen LogP contribution in [-0.4, -0.2) is 42.7 Å². The first-order chi connectivity index (χ1) is 6.54. The Labute approximate surface area is 90.6 Å². The summed E-state index contributed by atoms with van der Waals surface area (Å²) in [6.07, 6.45) is 0. The van der Waals surface area contributed by atoms with Crippen molar-refractivity contribution in [2.45, 2.75) is 25.9 Å². The maximum atomic E-state index is 8.74. The van der Waals surface area contributed by atoms with Crippen LogP contribution in [0.25, 0.3) is 0 Å². The van der Waals surface area contributed by atoms with Crippen LogP contribution < -0.4 is 22.9 Å².